The molecule has 0 aliphatic heterocycles. The average molecular weight is 266 g/mol. The van der Waals surface area contributed by atoms with Crippen molar-refractivity contribution in [3.05, 3.63) is 0 Å². The summed E-state index contributed by atoms with van der Waals surface area (Å²) in [7, 11) is 0. The van der Waals surface area contributed by atoms with Gasteiger partial charge in [0, 0.05) is 18.6 Å². The van der Waals surface area contributed by atoms with Gasteiger partial charge in [-0.05, 0) is 57.0 Å². The molecule has 3 atom stereocenters. The maximum absolute atomic E-state index is 3.76. The van der Waals surface area contributed by atoms with Crippen molar-refractivity contribution in [2.45, 2.75) is 77.8 Å². The van der Waals surface area contributed by atoms with Gasteiger partial charge < -0.3 is 5.32 Å². The van der Waals surface area contributed by atoms with Gasteiger partial charge in [0.05, 0.1) is 0 Å². The van der Waals surface area contributed by atoms with E-state index < -0.39 is 0 Å². The SMILES string of the molecule is CCCC1CCC(NCC)C(N(CC)CC2CC2)C1. The molecule has 2 heteroatoms. The molecule has 0 radical (unpaired) electrons. The molecule has 0 bridgehead atoms. The van der Waals surface area contributed by atoms with Crippen LogP contribution in [0.1, 0.15) is 65.7 Å². The fraction of sp³-hybridized carbons (Fsp3) is 1.00. The Morgan fingerprint density at radius 2 is 1.74 bits per heavy atom. The molecule has 2 rings (SSSR count). The van der Waals surface area contributed by atoms with E-state index >= 15 is 0 Å². The monoisotopic (exact) mass is 266 g/mol. The van der Waals surface area contributed by atoms with Crippen LogP contribution < -0.4 is 5.32 Å². The maximum Gasteiger partial charge on any atom is 0.0251 e. The average Bonchev–Trinajstić information content (AvgIpc) is 3.22. The molecule has 0 spiro atoms. The third kappa shape index (κ3) is 4.46. The number of hydrogen-bond acceptors (Lipinski definition) is 2. The molecule has 0 aromatic heterocycles. The quantitative estimate of drug-likeness (QED) is 0.721. The molecular formula is C17H34N2. The Balaban J connectivity index is 1.95. The summed E-state index contributed by atoms with van der Waals surface area (Å²) in [4.78, 5) is 2.80. The molecular weight excluding hydrogens is 232 g/mol. The highest BCUT2D eigenvalue weighted by molar-refractivity contribution is 4.92. The van der Waals surface area contributed by atoms with Crippen molar-refractivity contribution in [3.8, 4) is 0 Å². The van der Waals surface area contributed by atoms with Gasteiger partial charge in [0.25, 0.3) is 0 Å². The van der Waals surface area contributed by atoms with E-state index in [2.05, 4.69) is 31.0 Å². The Kier molecular flexibility index (Phi) is 6.15. The molecule has 0 aromatic rings. The molecule has 3 unspecified atom stereocenters. The lowest BCUT2D eigenvalue weighted by molar-refractivity contribution is 0.0947. The Morgan fingerprint density at radius 3 is 2.32 bits per heavy atom. The second kappa shape index (κ2) is 7.64. The van der Waals surface area contributed by atoms with Crippen LogP contribution in [0.5, 0.6) is 0 Å². The molecule has 0 heterocycles. The van der Waals surface area contributed by atoms with Crippen molar-refractivity contribution >= 4 is 0 Å². The summed E-state index contributed by atoms with van der Waals surface area (Å²) in [5.41, 5.74) is 0. The van der Waals surface area contributed by atoms with Crippen LogP contribution in [0.25, 0.3) is 0 Å². The topological polar surface area (TPSA) is 15.3 Å². The Labute approximate surface area is 120 Å². The van der Waals surface area contributed by atoms with Crippen molar-refractivity contribution in [1.82, 2.24) is 10.2 Å². The van der Waals surface area contributed by atoms with Crippen LogP contribution in [0, 0.1) is 11.8 Å². The van der Waals surface area contributed by atoms with Crippen molar-refractivity contribution in [2.24, 2.45) is 11.8 Å². The molecule has 0 amide bonds. The zero-order valence-corrected chi connectivity index (χ0v) is 13.3. The minimum absolute atomic E-state index is 0.747. The normalized spacial score (nSPS) is 31.9. The van der Waals surface area contributed by atoms with Crippen LogP contribution in [-0.2, 0) is 0 Å². The first-order chi connectivity index (χ1) is 9.28. The van der Waals surface area contributed by atoms with Crippen LogP contribution in [0.4, 0.5) is 0 Å². The summed E-state index contributed by atoms with van der Waals surface area (Å²) in [6.07, 6.45) is 10.0. The highest BCUT2D eigenvalue weighted by Crippen LogP contribution is 2.35. The van der Waals surface area contributed by atoms with Gasteiger partial charge in [0.2, 0.25) is 0 Å². The van der Waals surface area contributed by atoms with Crippen LogP contribution in [0.15, 0.2) is 0 Å². The minimum Gasteiger partial charge on any atom is -0.313 e. The number of likely N-dealkylation sites (N-methyl/N-ethyl adjacent to an activating group) is 2. The Bertz CT molecular complexity index is 250. The summed E-state index contributed by atoms with van der Waals surface area (Å²) >= 11 is 0. The standard InChI is InChI=1S/C17H34N2/c1-4-7-14-10-11-16(18-5-2)17(12-14)19(6-3)13-15-8-9-15/h14-18H,4-13H2,1-3H3. The highest BCUT2D eigenvalue weighted by Gasteiger charge is 2.35. The molecule has 0 aromatic carbocycles. The second-order valence-electron chi connectivity index (χ2n) is 6.73. The fourth-order valence-corrected chi connectivity index (χ4v) is 3.94. The largest absolute Gasteiger partial charge is 0.313 e. The molecule has 2 saturated carbocycles. The van der Waals surface area contributed by atoms with Crippen LogP contribution in [0.2, 0.25) is 0 Å². The molecule has 2 aliphatic carbocycles. The number of nitrogens with zero attached hydrogens (tertiary/aromatic N) is 1. The van der Waals surface area contributed by atoms with E-state index in [1.807, 2.05) is 0 Å². The Hall–Kier alpha value is -0.0800. The molecule has 1 N–H and O–H groups in total. The zero-order chi connectivity index (χ0) is 13.7. The van der Waals surface area contributed by atoms with Crippen LogP contribution in [0.3, 0.4) is 0 Å². The molecule has 2 nitrogen and oxygen atoms in total. The van der Waals surface area contributed by atoms with E-state index in [4.69, 9.17) is 0 Å². The summed E-state index contributed by atoms with van der Waals surface area (Å²) < 4.78 is 0. The zero-order valence-electron chi connectivity index (χ0n) is 13.3. The number of rotatable bonds is 8. The van der Waals surface area contributed by atoms with Gasteiger partial charge in [-0.1, -0.05) is 33.6 Å². The van der Waals surface area contributed by atoms with E-state index in [9.17, 15) is 0 Å². The summed E-state index contributed by atoms with van der Waals surface area (Å²) in [5, 5.41) is 3.76. The molecule has 2 fully saturated rings. The van der Waals surface area contributed by atoms with Crippen LogP contribution in [-0.4, -0.2) is 36.6 Å². The highest BCUT2D eigenvalue weighted by atomic mass is 15.2. The van der Waals surface area contributed by atoms with E-state index in [1.54, 1.807) is 0 Å². The molecule has 2 aliphatic rings. The van der Waals surface area contributed by atoms with Gasteiger partial charge in [-0.25, -0.2) is 0 Å². The van der Waals surface area contributed by atoms with Gasteiger partial charge in [0.1, 0.15) is 0 Å². The van der Waals surface area contributed by atoms with Gasteiger partial charge >= 0.3 is 0 Å². The predicted octanol–water partition coefficient (Wildman–Crippen LogP) is 3.67. The van der Waals surface area contributed by atoms with Gasteiger partial charge in [-0.15, -0.1) is 0 Å². The van der Waals surface area contributed by atoms with Crippen molar-refractivity contribution < 1.29 is 0 Å². The first kappa shape index (κ1) is 15.3. The lowest BCUT2D eigenvalue weighted by Gasteiger charge is -2.43. The summed E-state index contributed by atoms with van der Waals surface area (Å²) in [6, 6.07) is 1.55. The number of nitrogens with one attached hydrogen (secondary N) is 1. The second-order valence-corrected chi connectivity index (χ2v) is 6.73. The van der Waals surface area contributed by atoms with E-state index in [-0.39, 0.29) is 0 Å². The van der Waals surface area contributed by atoms with E-state index in [1.165, 1.54) is 58.0 Å². The van der Waals surface area contributed by atoms with Gasteiger partial charge in [-0.3, -0.25) is 4.90 Å². The third-order valence-electron chi connectivity index (χ3n) is 5.15. The van der Waals surface area contributed by atoms with Crippen molar-refractivity contribution in [1.29, 1.82) is 0 Å². The summed E-state index contributed by atoms with van der Waals surface area (Å²) in [5.74, 6) is 2.01. The predicted molar refractivity (Wildman–Crippen MR) is 83.5 cm³/mol. The molecule has 112 valence electrons. The van der Waals surface area contributed by atoms with Gasteiger partial charge in [0.15, 0.2) is 0 Å². The number of hydrogen-bond donors (Lipinski definition) is 1. The van der Waals surface area contributed by atoms with E-state index in [0.29, 0.717) is 0 Å². The molecule has 19 heavy (non-hydrogen) atoms. The summed E-state index contributed by atoms with van der Waals surface area (Å²) in [6.45, 7) is 10.7. The fourth-order valence-electron chi connectivity index (χ4n) is 3.94. The Morgan fingerprint density at radius 1 is 1.00 bits per heavy atom. The first-order valence-corrected chi connectivity index (χ1v) is 8.75. The first-order valence-electron chi connectivity index (χ1n) is 8.75. The maximum atomic E-state index is 3.76. The smallest absolute Gasteiger partial charge is 0.0251 e. The lowest BCUT2D eigenvalue weighted by Crippen LogP contribution is -2.53. The minimum atomic E-state index is 0.747. The van der Waals surface area contributed by atoms with Crippen LogP contribution >= 0.6 is 0 Å². The molecule has 0 saturated heterocycles. The van der Waals surface area contributed by atoms with Crippen molar-refractivity contribution in [3.63, 3.8) is 0 Å². The van der Waals surface area contributed by atoms with Gasteiger partial charge in [-0.2, -0.15) is 0 Å². The van der Waals surface area contributed by atoms with E-state index in [0.717, 1.165) is 30.5 Å². The third-order valence-corrected chi connectivity index (χ3v) is 5.15. The van der Waals surface area contributed by atoms with Crippen molar-refractivity contribution in [2.75, 3.05) is 19.6 Å². The lowest BCUT2D eigenvalue weighted by atomic mass is 9.79.